The molecule has 3 rings (SSSR count). The predicted molar refractivity (Wildman–Crippen MR) is 91.1 cm³/mol. The summed E-state index contributed by atoms with van der Waals surface area (Å²) in [5.41, 5.74) is 2.91. The average Bonchev–Trinajstić information content (AvgIpc) is 3.20. The van der Waals surface area contributed by atoms with Crippen LogP contribution < -0.4 is 5.32 Å². The first-order valence-electron chi connectivity index (χ1n) is 7.86. The highest BCUT2D eigenvalue weighted by Gasteiger charge is 2.11. The maximum absolute atomic E-state index is 12.1. The lowest BCUT2D eigenvalue weighted by Gasteiger charge is -2.07. The van der Waals surface area contributed by atoms with Gasteiger partial charge in [-0.05, 0) is 36.2 Å². The average molecular weight is 332 g/mol. The Morgan fingerprint density at radius 1 is 1.16 bits per heavy atom. The number of aromatic nitrogens is 2. The summed E-state index contributed by atoms with van der Waals surface area (Å²) in [7, 11) is 0. The SMILES string of the molecule is N#Cc1ccc(CCC(=O)NCc2nccnc2-c2ccco2)cc1. The molecule has 1 amide bonds. The van der Waals surface area contributed by atoms with Crippen LogP contribution >= 0.6 is 0 Å². The molecule has 0 bridgehead atoms. The first kappa shape index (κ1) is 16.4. The number of hydrogen-bond donors (Lipinski definition) is 1. The van der Waals surface area contributed by atoms with E-state index in [0.717, 1.165) is 5.56 Å². The largest absolute Gasteiger partial charge is 0.463 e. The van der Waals surface area contributed by atoms with Crippen molar-refractivity contribution in [3.63, 3.8) is 0 Å². The number of aryl methyl sites for hydroxylation is 1. The molecule has 25 heavy (non-hydrogen) atoms. The molecule has 0 saturated heterocycles. The van der Waals surface area contributed by atoms with Crippen LogP contribution in [0.1, 0.15) is 23.2 Å². The van der Waals surface area contributed by atoms with Crippen LogP contribution in [0.2, 0.25) is 0 Å². The van der Waals surface area contributed by atoms with E-state index in [1.54, 1.807) is 42.9 Å². The van der Waals surface area contributed by atoms with Gasteiger partial charge in [-0.15, -0.1) is 0 Å². The molecule has 0 aliphatic carbocycles. The number of hydrogen-bond acceptors (Lipinski definition) is 5. The van der Waals surface area contributed by atoms with Crippen LogP contribution in [0.5, 0.6) is 0 Å². The quantitative estimate of drug-likeness (QED) is 0.749. The topological polar surface area (TPSA) is 91.8 Å². The van der Waals surface area contributed by atoms with Gasteiger partial charge in [-0.25, -0.2) is 4.98 Å². The van der Waals surface area contributed by atoms with E-state index in [1.165, 1.54) is 0 Å². The highest BCUT2D eigenvalue weighted by molar-refractivity contribution is 5.76. The van der Waals surface area contributed by atoms with Crippen LogP contribution in [-0.2, 0) is 17.8 Å². The van der Waals surface area contributed by atoms with Crippen molar-refractivity contribution < 1.29 is 9.21 Å². The summed E-state index contributed by atoms with van der Waals surface area (Å²) in [4.78, 5) is 20.6. The van der Waals surface area contributed by atoms with E-state index in [1.807, 2.05) is 12.1 Å². The Balaban J connectivity index is 1.55. The molecule has 0 aliphatic heterocycles. The normalized spacial score (nSPS) is 10.2. The molecule has 1 aromatic carbocycles. The van der Waals surface area contributed by atoms with Gasteiger partial charge in [0.1, 0.15) is 5.69 Å². The van der Waals surface area contributed by atoms with Crippen molar-refractivity contribution in [2.24, 2.45) is 0 Å². The fourth-order valence-corrected chi connectivity index (χ4v) is 2.39. The lowest BCUT2D eigenvalue weighted by Crippen LogP contribution is -2.24. The van der Waals surface area contributed by atoms with Crippen molar-refractivity contribution in [3.05, 3.63) is 71.9 Å². The van der Waals surface area contributed by atoms with Crippen LogP contribution in [-0.4, -0.2) is 15.9 Å². The third-order valence-electron chi connectivity index (χ3n) is 3.71. The summed E-state index contributed by atoms with van der Waals surface area (Å²) in [6.45, 7) is 0.288. The fourth-order valence-electron chi connectivity index (χ4n) is 2.39. The van der Waals surface area contributed by atoms with E-state index >= 15 is 0 Å². The zero-order valence-electron chi connectivity index (χ0n) is 13.5. The number of amides is 1. The van der Waals surface area contributed by atoms with Gasteiger partial charge in [0.05, 0.1) is 30.1 Å². The summed E-state index contributed by atoms with van der Waals surface area (Å²) in [5.74, 6) is 0.551. The third kappa shape index (κ3) is 4.30. The van der Waals surface area contributed by atoms with Gasteiger partial charge < -0.3 is 9.73 Å². The minimum absolute atomic E-state index is 0.0691. The fraction of sp³-hybridized carbons (Fsp3) is 0.158. The van der Waals surface area contributed by atoms with Crippen molar-refractivity contribution in [1.82, 2.24) is 15.3 Å². The zero-order valence-corrected chi connectivity index (χ0v) is 13.5. The van der Waals surface area contributed by atoms with Gasteiger partial charge in [-0.1, -0.05) is 12.1 Å². The molecule has 0 radical (unpaired) electrons. The van der Waals surface area contributed by atoms with Crippen LogP contribution in [0.3, 0.4) is 0 Å². The lowest BCUT2D eigenvalue weighted by atomic mass is 10.1. The molecule has 6 nitrogen and oxygen atoms in total. The third-order valence-corrected chi connectivity index (χ3v) is 3.71. The molecular formula is C19H16N4O2. The van der Waals surface area contributed by atoms with Gasteiger partial charge >= 0.3 is 0 Å². The molecule has 0 atom stereocenters. The number of nitrogens with one attached hydrogen (secondary N) is 1. The predicted octanol–water partition coefficient (Wildman–Crippen LogP) is 2.86. The van der Waals surface area contributed by atoms with Crippen LogP contribution in [0.15, 0.2) is 59.5 Å². The van der Waals surface area contributed by atoms with Gasteiger partial charge in [0.25, 0.3) is 0 Å². The maximum Gasteiger partial charge on any atom is 0.220 e. The summed E-state index contributed by atoms with van der Waals surface area (Å²) >= 11 is 0. The Morgan fingerprint density at radius 3 is 2.68 bits per heavy atom. The van der Waals surface area contributed by atoms with Crippen molar-refractivity contribution >= 4 is 5.91 Å². The van der Waals surface area contributed by atoms with Crippen LogP contribution in [0.25, 0.3) is 11.5 Å². The van der Waals surface area contributed by atoms with Gasteiger partial charge in [-0.3, -0.25) is 9.78 Å². The van der Waals surface area contributed by atoms with Gasteiger partial charge in [0.2, 0.25) is 5.91 Å². The Labute approximate surface area is 145 Å². The Bertz CT molecular complexity index is 881. The van der Waals surface area contributed by atoms with Gasteiger partial charge in [-0.2, -0.15) is 5.26 Å². The number of furan rings is 1. The monoisotopic (exact) mass is 332 g/mol. The highest BCUT2D eigenvalue weighted by Crippen LogP contribution is 2.19. The van der Waals surface area contributed by atoms with E-state index in [-0.39, 0.29) is 12.5 Å². The number of nitriles is 1. The maximum atomic E-state index is 12.1. The molecule has 6 heteroatoms. The molecular weight excluding hydrogens is 316 g/mol. The van der Waals surface area contributed by atoms with E-state index in [2.05, 4.69) is 21.4 Å². The van der Waals surface area contributed by atoms with Crippen molar-refractivity contribution in [3.8, 4) is 17.5 Å². The second-order valence-corrected chi connectivity index (χ2v) is 5.41. The van der Waals surface area contributed by atoms with Gasteiger partial charge in [0, 0.05) is 18.8 Å². The standard InChI is InChI=1S/C19H16N4O2/c20-12-15-5-3-14(4-6-15)7-8-18(24)23-13-16-19(22-10-9-21-16)17-2-1-11-25-17/h1-6,9-11H,7-8,13H2,(H,23,24). The molecule has 1 N–H and O–H groups in total. The lowest BCUT2D eigenvalue weighted by molar-refractivity contribution is -0.121. The molecule has 0 saturated carbocycles. The molecule has 124 valence electrons. The molecule has 2 heterocycles. The summed E-state index contributed by atoms with van der Waals surface area (Å²) in [5, 5.41) is 11.6. The summed E-state index contributed by atoms with van der Waals surface area (Å²) in [6.07, 6.45) is 5.73. The zero-order chi connectivity index (χ0) is 17.5. The Hall–Kier alpha value is -3.46. The van der Waals surface area contributed by atoms with E-state index in [9.17, 15) is 4.79 Å². The second kappa shape index (κ2) is 7.88. The Morgan fingerprint density at radius 2 is 1.96 bits per heavy atom. The highest BCUT2D eigenvalue weighted by atomic mass is 16.3. The molecule has 0 unspecified atom stereocenters. The molecule has 2 aromatic heterocycles. The minimum atomic E-state index is -0.0691. The number of rotatable bonds is 6. The summed E-state index contributed by atoms with van der Waals surface area (Å²) in [6, 6.07) is 12.9. The van der Waals surface area contributed by atoms with Crippen molar-refractivity contribution in [2.45, 2.75) is 19.4 Å². The number of carbonyl (C=O) groups is 1. The minimum Gasteiger partial charge on any atom is -0.463 e. The number of carbonyl (C=O) groups excluding carboxylic acids is 1. The van der Waals surface area contributed by atoms with E-state index in [4.69, 9.17) is 9.68 Å². The first-order chi connectivity index (χ1) is 12.3. The number of nitrogens with zero attached hydrogens (tertiary/aromatic N) is 3. The van der Waals surface area contributed by atoms with E-state index < -0.39 is 0 Å². The van der Waals surface area contributed by atoms with Crippen LogP contribution in [0.4, 0.5) is 0 Å². The van der Waals surface area contributed by atoms with Crippen molar-refractivity contribution in [2.75, 3.05) is 0 Å². The first-order valence-corrected chi connectivity index (χ1v) is 7.86. The molecule has 0 spiro atoms. The number of benzene rings is 1. The smallest absolute Gasteiger partial charge is 0.220 e. The van der Waals surface area contributed by atoms with Crippen molar-refractivity contribution in [1.29, 1.82) is 5.26 Å². The molecule has 0 aliphatic rings. The summed E-state index contributed by atoms with van der Waals surface area (Å²) < 4.78 is 5.35. The van der Waals surface area contributed by atoms with E-state index in [0.29, 0.717) is 35.6 Å². The molecule has 3 aromatic rings. The second-order valence-electron chi connectivity index (χ2n) is 5.41. The van der Waals surface area contributed by atoms with Crippen LogP contribution in [0, 0.1) is 11.3 Å². The molecule has 0 fully saturated rings. The van der Waals surface area contributed by atoms with Gasteiger partial charge in [0.15, 0.2) is 5.76 Å². The Kier molecular flexibility index (Phi) is 5.17.